The van der Waals surface area contributed by atoms with Crippen molar-refractivity contribution in [2.75, 3.05) is 19.6 Å². The van der Waals surface area contributed by atoms with E-state index in [1.54, 1.807) is 0 Å². The fourth-order valence-corrected chi connectivity index (χ4v) is 2.44. The van der Waals surface area contributed by atoms with E-state index in [9.17, 15) is 0 Å². The summed E-state index contributed by atoms with van der Waals surface area (Å²) in [5.74, 6) is 0.647. The van der Waals surface area contributed by atoms with Gasteiger partial charge in [-0.1, -0.05) is 43.7 Å². The molecule has 1 aliphatic heterocycles. The topological polar surface area (TPSA) is 15.3 Å². The third kappa shape index (κ3) is 4.14. The lowest BCUT2D eigenvalue weighted by Gasteiger charge is -2.27. The lowest BCUT2D eigenvalue weighted by Crippen LogP contribution is -2.42. The highest BCUT2D eigenvalue weighted by atomic mass is 15.5. The first kappa shape index (κ1) is 12.6. The Hall–Kier alpha value is -0.860. The fourth-order valence-electron chi connectivity index (χ4n) is 2.44. The molecule has 2 nitrogen and oxygen atoms in total. The Labute approximate surface area is 105 Å². The lowest BCUT2D eigenvalue weighted by atomic mass is 9.98. The molecule has 0 bridgehead atoms. The standard InChI is InChI=1S/C15H24N2/c1-14(15-8-4-2-5-9-15)10-11-16-17-12-6-3-7-13-17/h2,4-5,8-9,14,16H,3,6-7,10-13H2,1H3. The molecule has 1 aromatic carbocycles. The SMILES string of the molecule is CC(CCNN1CCCCC1)c1ccccc1. The van der Waals surface area contributed by atoms with E-state index in [0.717, 1.165) is 6.54 Å². The summed E-state index contributed by atoms with van der Waals surface area (Å²) >= 11 is 0. The Morgan fingerprint density at radius 2 is 1.82 bits per heavy atom. The molecule has 1 atom stereocenters. The van der Waals surface area contributed by atoms with Gasteiger partial charge in [0.1, 0.15) is 0 Å². The lowest BCUT2D eigenvalue weighted by molar-refractivity contribution is 0.153. The minimum atomic E-state index is 0.647. The average molecular weight is 232 g/mol. The summed E-state index contributed by atoms with van der Waals surface area (Å²) < 4.78 is 0. The monoisotopic (exact) mass is 232 g/mol. The maximum absolute atomic E-state index is 3.56. The molecular weight excluding hydrogens is 208 g/mol. The van der Waals surface area contributed by atoms with E-state index in [4.69, 9.17) is 0 Å². The number of nitrogens with one attached hydrogen (secondary N) is 1. The molecule has 0 aliphatic carbocycles. The van der Waals surface area contributed by atoms with E-state index >= 15 is 0 Å². The van der Waals surface area contributed by atoms with Gasteiger partial charge >= 0.3 is 0 Å². The third-order valence-corrected chi connectivity index (χ3v) is 3.64. The molecule has 0 aromatic heterocycles. The largest absolute Gasteiger partial charge is 0.255 e. The van der Waals surface area contributed by atoms with E-state index in [-0.39, 0.29) is 0 Å². The van der Waals surface area contributed by atoms with Crippen LogP contribution < -0.4 is 5.43 Å². The van der Waals surface area contributed by atoms with Crippen molar-refractivity contribution in [2.24, 2.45) is 0 Å². The van der Waals surface area contributed by atoms with Gasteiger partial charge in [0, 0.05) is 19.6 Å². The number of hydrazine groups is 1. The molecule has 2 rings (SSSR count). The molecule has 1 aliphatic rings. The van der Waals surface area contributed by atoms with Crippen molar-refractivity contribution in [1.82, 2.24) is 10.4 Å². The van der Waals surface area contributed by atoms with Gasteiger partial charge in [-0.15, -0.1) is 0 Å². The highest BCUT2D eigenvalue weighted by Gasteiger charge is 2.10. The predicted octanol–water partition coefficient (Wildman–Crippen LogP) is 3.17. The highest BCUT2D eigenvalue weighted by molar-refractivity contribution is 5.18. The maximum atomic E-state index is 3.56. The second-order valence-electron chi connectivity index (χ2n) is 5.06. The maximum Gasteiger partial charge on any atom is 0.0131 e. The summed E-state index contributed by atoms with van der Waals surface area (Å²) in [6.07, 6.45) is 5.31. The summed E-state index contributed by atoms with van der Waals surface area (Å²) in [5.41, 5.74) is 5.01. The van der Waals surface area contributed by atoms with Crippen molar-refractivity contribution in [1.29, 1.82) is 0 Å². The molecule has 0 saturated carbocycles. The predicted molar refractivity (Wildman–Crippen MR) is 72.9 cm³/mol. The van der Waals surface area contributed by atoms with Gasteiger partial charge in [-0.25, -0.2) is 5.01 Å². The molecule has 0 radical (unpaired) electrons. The summed E-state index contributed by atoms with van der Waals surface area (Å²) in [4.78, 5) is 0. The second-order valence-corrected chi connectivity index (χ2v) is 5.06. The number of hydrogen-bond acceptors (Lipinski definition) is 2. The first-order valence-corrected chi connectivity index (χ1v) is 6.89. The van der Waals surface area contributed by atoms with Gasteiger partial charge in [0.15, 0.2) is 0 Å². The van der Waals surface area contributed by atoms with Crippen LogP contribution in [0.1, 0.15) is 44.1 Å². The van der Waals surface area contributed by atoms with Crippen LogP contribution >= 0.6 is 0 Å². The van der Waals surface area contributed by atoms with Crippen molar-refractivity contribution < 1.29 is 0 Å². The number of rotatable bonds is 5. The second kappa shape index (κ2) is 6.77. The molecule has 1 aromatic rings. The first-order valence-electron chi connectivity index (χ1n) is 6.89. The molecule has 1 heterocycles. The van der Waals surface area contributed by atoms with Crippen LogP contribution in [0.5, 0.6) is 0 Å². The molecule has 1 saturated heterocycles. The quantitative estimate of drug-likeness (QED) is 0.839. The van der Waals surface area contributed by atoms with Gasteiger partial charge in [0.25, 0.3) is 0 Å². The fraction of sp³-hybridized carbons (Fsp3) is 0.600. The van der Waals surface area contributed by atoms with Gasteiger partial charge < -0.3 is 0 Å². The molecule has 0 spiro atoms. The highest BCUT2D eigenvalue weighted by Crippen LogP contribution is 2.17. The zero-order valence-electron chi connectivity index (χ0n) is 10.9. The van der Waals surface area contributed by atoms with Crippen LogP contribution in [0.4, 0.5) is 0 Å². The van der Waals surface area contributed by atoms with E-state index < -0.39 is 0 Å². The minimum absolute atomic E-state index is 0.647. The van der Waals surface area contributed by atoms with E-state index in [0.29, 0.717) is 5.92 Å². The molecule has 0 amide bonds. The summed E-state index contributed by atoms with van der Waals surface area (Å²) in [7, 11) is 0. The van der Waals surface area contributed by atoms with Crippen molar-refractivity contribution in [3.63, 3.8) is 0 Å². The Kier molecular flexibility index (Phi) is 5.02. The average Bonchev–Trinajstić information content (AvgIpc) is 2.41. The van der Waals surface area contributed by atoms with E-state index in [1.807, 2.05) is 0 Å². The first-order chi connectivity index (χ1) is 8.36. The normalized spacial score (nSPS) is 19.1. The van der Waals surface area contributed by atoms with Crippen molar-refractivity contribution in [2.45, 2.75) is 38.5 Å². The zero-order chi connectivity index (χ0) is 11.9. The molecular formula is C15H24N2. The third-order valence-electron chi connectivity index (χ3n) is 3.64. The van der Waals surface area contributed by atoms with Crippen LogP contribution in [0.15, 0.2) is 30.3 Å². The van der Waals surface area contributed by atoms with Crippen LogP contribution in [0.3, 0.4) is 0 Å². The molecule has 94 valence electrons. The Balaban J connectivity index is 1.67. The number of nitrogens with zero attached hydrogens (tertiary/aromatic N) is 1. The van der Waals surface area contributed by atoms with Crippen molar-refractivity contribution in [3.8, 4) is 0 Å². The minimum Gasteiger partial charge on any atom is -0.255 e. The summed E-state index contributed by atoms with van der Waals surface area (Å²) in [5, 5.41) is 2.39. The van der Waals surface area contributed by atoms with Gasteiger partial charge in [0.05, 0.1) is 0 Å². The van der Waals surface area contributed by atoms with Gasteiger partial charge in [0.2, 0.25) is 0 Å². The zero-order valence-corrected chi connectivity index (χ0v) is 10.9. The Morgan fingerprint density at radius 3 is 2.53 bits per heavy atom. The summed E-state index contributed by atoms with van der Waals surface area (Å²) in [6.45, 7) is 5.85. The Morgan fingerprint density at radius 1 is 1.12 bits per heavy atom. The molecule has 1 unspecified atom stereocenters. The smallest absolute Gasteiger partial charge is 0.0131 e. The van der Waals surface area contributed by atoms with Crippen LogP contribution in [0.25, 0.3) is 0 Å². The molecule has 1 fully saturated rings. The molecule has 1 N–H and O–H groups in total. The van der Waals surface area contributed by atoms with Gasteiger partial charge in [-0.3, -0.25) is 5.43 Å². The summed E-state index contributed by atoms with van der Waals surface area (Å²) in [6, 6.07) is 10.8. The van der Waals surface area contributed by atoms with Crippen LogP contribution in [-0.4, -0.2) is 24.6 Å². The Bertz CT molecular complexity index is 304. The van der Waals surface area contributed by atoms with Crippen LogP contribution in [-0.2, 0) is 0 Å². The molecule has 17 heavy (non-hydrogen) atoms. The van der Waals surface area contributed by atoms with E-state index in [1.165, 1.54) is 44.3 Å². The van der Waals surface area contributed by atoms with Crippen molar-refractivity contribution in [3.05, 3.63) is 35.9 Å². The van der Waals surface area contributed by atoms with Crippen LogP contribution in [0.2, 0.25) is 0 Å². The van der Waals surface area contributed by atoms with Gasteiger partial charge in [-0.05, 0) is 30.7 Å². The van der Waals surface area contributed by atoms with Gasteiger partial charge in [-0.2, -0.15) is 0 Å². The number of piperidine rings is 1. The van der Waals surface area contributed by atoms with E-state index in [2.05, 4.69) is 47.7 Å². The van der Waals surface area contributed by atoms with Crippen LogP contribution in [0, 0.1) is 0 Å². The van der Waals surface area contributed by atoms with Crippen molar-refractivity contribution >= 4 is 0 Å². The number of benzene rings is 1. The molecule has 2 heteroatoms. The number of hydrogen-bond donors (Lipinski definition) is 1.